The number of nitrogens with zero attached hydrogens (tertiary/aromatic N) is 2. The van der Waals surface area contributed by atoms with Crippen molar-refractivity contribution in [2.75, 3.05) is 26.9 Å². The number of aryl methyl sites for hydroxylation is 1. The summed E-state index contributed by atoms with van der Waals surface area (Å²) in [6.07, 6.45) is 0.886. The Morgan fingerprint density at radius 3 is 2.81 bits per heavy atom. The van der Waals surface area contributed by atoms with Crippen LogP contribution >= 0.6 is 11.3 Å². The molecule has 3 rings (SSSR count). The molecule has 0 bridgehead atoms. The molecule has 2 aromatic rings. The predicted octanol–water partition coefficient (Wildman–Crippen LogP) is 2.87. The third-order valence-electron chi connectivity index (χ3n) is 4.42. The van der Waals surface area contributed by atoms with Gasteiger partial charge in [-0.2, -0.15) is 0 Å². The van der Waals surface area contributed by atoms with Gasteiger partial charge in [-0.05, 0) is 24.6 Å². The summed E-state index contributed by atoms with van der Waals surface area (Å²) in [7, 11) is 1.79. The highest BCUT2D eigenvalue weighted by Crippen LogP contribution is 2.36. The lowest BCUT2D eigenvalue weighted by Crippen LogP contribution is -2.44. The van der Waals surface area contributed by atoms with Crippen molar-refractivity contribution in [1.82, 2.24) is 15.6 Å². The first-order valence-electron chi connectivity index (χ1n) is 8.73. The summed E-state index contributed by atoms with van der Waals surface area (Å²) in [5, 5.41) is 9.98. The number of thiazole rings is 1. The van der Waals surface area contributed by atoms with E-state index in [0.29, 0.717) is 6.79 Å². The van der Waals surface area contributed by atoms with Crippen LogP contribution in [0.15, 0.2) is 28.6 Å². The number of fused-ring (bicyclic) bond motifs is 1. The molecule has 0 unspecified atom stereocenters. The first kappa shape index (κ1) is 18.5. The Hall–Kier alpha value is -2.28. The summed E-state index contributed by atoms with van der Waals surface area (Å²) in [6, 6.07) is 6.13. The van der Waals surface area contributed by atoms with Crippen LogP contribution in [0.4, 0.5) is 0 Å². The number of aromatic nitrogens is 1. The standard InChI is InChI=1S/C19H26N4O2S/c1-13-23-15(10-26-13)7-8-21-18(20-4)22-11-19(2,3)14-5-6-16-17(9-14)25-12-24-16/h5-6,9-10H,7-8,11-12H2,1-4H3,(H2,20,21,22). The average molecular weight is 375 g/mol. The van der Waals surface area contributed by atoms with Gasteiger partial charge in [0.2, 0.25) is 6.79 Å². The van der Waals surface area contributed by atoms with E-state index in [-0.39, 0.29) is 5.41 Å². The van der Waals surface area contributed by atoms with Crippen LogP contribution in [-0.4, -0.2) is 37.9 Å². The molecule has 0 fully saturated rings. The van der Waals surface area contributed by atoms with E-state index in [4.69, 9.17) is 9.47 Å². The van der Waals surface area contributed by atoms with Crippen LogP contribution in [0.1, 0.15) is 30.1 Å². The van der Waals surface area contributed by atoms with E-state index in [1.165, 1.54) is 5.56 Å². The van der Waals surface area contributed by atoms with Gasteiger partial charge in [-0.25, -0.2) is 4.98 Å². The third-order valence-corrected chi connectivity index (χ3v) is 5.24. The van der Waals surface area contributed by atoms with Crippen LogP contribution in [0.2, 0.25) is 0 Å². The monoisotopic (exact) mass is 374 g/mol. The van der Waals surface area contributed by atoms with Crippen LogP contribution in [-0.2, 0) is 11.8 Å². The summed E-state index contributed by atoms with van der Waals surface area (Å²) < 4.78 is 10.9. The molecule has 0 saturated heterocycles. The largest absolute Gasteiger partial charge is 0.454 e. The van der Waals surface area contributed by atoms with Crippen molar-refractivity contribution in [3.63, 3.8) is 0 Å². The van der Waals surface area contributed by atoms with Gasteiger partial charge in [0, 0.05) is 37.4 Å². The molecule has 140 valence electrons. The quantitative estimate of drug-likeness (QED) is 0.601. The fraction of sp³-hybridized carbons (Fsp3) is 0.474. The lowest BCUT2D eigenvalue weighted by Gasteiger charge is -2.27. The maximum Gasteiger partial charge on any atom is 0.231 e. The van der Waals surface area contributed by atoms with Gasteiger partial charge in [-0.15, -0.1) is 11.3 Å². The molecule has 0 atom stereocenters. The Morgan fingerprint density at radius 2 is 2.08 bits per heavy atom. The van der Waals surface area contributed by atoms with Gasteiger partial charge in [0.15, 0.2) is 17.5 Å². The Morgan fingerprint density at radius 1 is 1.27 bits per heavy atom. The molecule has 6 nitrogen and oxygen atoms in total. The molecular weight excluding hydrogens is 348 g/mol. The number of guanidine groups is 1. The second-order valence-corrected chi connectivity index (χ2v) is 7.97. The summed E-state index contributed by atoms with van der Waals surface area (Å²) in [4.78, 5) is 8.79. The SMILES string of the molecule is CN=C(NCCc1csc(C)n1)NCC(C)(C)c1ccc2c(c1)OCO2. The molecule has 1 aromatic carbocycles. The zero-order chi connectivity index (χ0) is 18.6. The molecule has 7 heteroatoms. The number of rotatable bonds is 6. The first-order valence-corrected chi connectivity index (χ1v) is 9.61. The lowest BCUT2D eigenvalue weighted by atomic mass is 9.84. The van der Waals surface area contributed by atoms with Gasteiger partial charge in [-0.1, -0.05) is 19.9 Å². The maximum absolute atomic E-state index is 5.49. The van der Waals surface area contributed by atoms with E-state index >= 15 is 0 Å². The van der Waals surface area contributed by atoms with Crippen molar-refractivity contribution in [3.8, 4) is 11.5 Å². The summed E-state index contributed by atoms with van der Waals surface area (Å²) in [5.41, 5.74) is 2.24. The zero-order valence-electron chi connectivity index (χ0n) is 15.8. The van der Waals surface area contributed by atoms with Crippen LogP contribution in [0.25, 0.3) is 0 Å². The molecule has 1 aliphatic rings. The molecule has 0 radical (unpaired) electrons. The molecule has 0 aliphatic carbocycles. The van der Waals surface area contributed by atoms with Crippen molar-refractivity contribution in [2.45, 2.75) is 32.6 Å². The van der Waals surface area contributed by atoms with E-state index < -0.39 is 0 Å². The Labute approximate surface area is 158 Å². The fourth-order valence-corrected chi connectivity index (χ4v) is 3.42. The molecule has 0 amide bonds. The topological polar surface area (TPSA) is 67.8 Å². The Bertz CT molecular complexity index is 786. The third kappa shape index (κ3) is 4.46. The van der Waals surface area contributed by atoms with Gasteiger partial charge in [-0.3, -0.25) is 4.99 Å². The highest BCUT2D eigenvalue weighted by Gasteiger charge is 2.24. The number of ether oxygens (including phenoxy) is 2. The van der Waals surface area contributed by atoms with Crippen LogP contribution in [0, 0.1) is 6.92 Å². The Kier molecular flexibility index (Phi) is 5.66. The van der Waals surface area contributed by atoms with E-state index in [0.717, 1.165) is 47.7 Å². The van der Waals surface area contributed by atoms with Crippen LogP contribution in [0.5, 0.6) is 11.5 Å². The first-order chi connectivity index (χ1) is 12.5. The number of aliphatic imine (C=N–C) groups is 1. The normalized spacial score (nSPS) is 13.8. The highest BCUT2D eigenvalue weighted by atomic mass is 32.1. The molecule has 0 saturated carbocycles. The number of benzene rings is 1. The molecular formula is C19H26N4O2S. The van der Waals surface area contributed by atoms with Crippen molar-refractivity contribution < 1.29 is 9.47 Å². The Balaban J connectivity index is 1.52. The molecule has 0 spiro atoms. The molecule has 2 N–H and O–H groups in total. The van der Waals surface area contributed by atoms with Gasteiger partial charge < -0.3 is 20.1 Å². The fourth-order valence-electron chi connectivity index (χ4n) is 2.78. The van der Waals surface area contributed by atoms with E-state index in [1.54, 1.807) is 18.4 Å². The van der Waals surface area contributed by atoms with E-state index in [9.17, 15) is 0 Å². The zero-order valence-corrected chi connectivity index (χ0v) is 16.6. The molecule has 1 aromatic heterocycles. The number of hydrogen-bond acceptors (Lipinski definition) is 5. The minimum absolute atomic E-state index is 0.0787. The second-order valence-electron chi connectivity index (χ2n) is 6.91. The number of hydrogen-bond donors (Lipinski definition) is 2. The second kappa shape index (κ2) is 7.95. The van der Waals surface area contributed by atoms with E-state index in [1.807, 2.05) is 13.0 Å². The van der Waals surface area contributed by atoms with Gasteiger partial charge >= 0.3 is 0 Å². The van der Waals surface area contributed by atoms with Gasteiger partial charge in [0.1, 0.15) is 0 Å². The minimum Gasteiger partial charge on any atom is -0.454 e. The lowest BCUT2D eigenvalue weighted by molar-refractivity contribution is 0.174. The maximum atomic E-state index is 5.49. The number of nitrogens with one attached hydrogen (secondary N) is 2. The summed E-state index contributed by atoms with van der Waals surface area (Å²) in [6.45, 7) is 8.27. The highest BCUT2D eigenvalue weighted by molar-refractivity contribution is 7.09. The van der Waals surface area contributed by atoms with Gasteiger partial charge in [0.25, 0.3) is 0 Å². The van der Waals surface area contributed by atoms with Crippen LogP contribution in [0.3, 0.4) is 0 Å². The van der Waals surface area contributed by atoms with Crippen molar-refractivity contribution in [3.05, 3.63) is 39.8 Å². The van der Waals surface area contributed by atoms with Crippen molar-refractivity contribution in [1.29, 1.82) is 0 Å². The molecule has 26 heavy (non-hydrogen) atoms. The predicted molar refractivity (Wildman–Crippen MR) is 106 cm³/mol. The van der Waals surface area contributed by atoms with Crippen molar-refractivity contribution >= 4 is 17.3 Å². The van der Waals surface area contributed by atoms with Gasteiger partial charge in [0.05, 0.1) is 10.7 Å². The molecule has 1 aliphatic heterocycles. The average Bonchev–Trinajstić information content (AvgIpc) is 3.25. The molecule has 2 heterocycles. The van der Waals surface area contributed by atoms with Crippen molar-refractivity contribution in [2.24, 2.45) is 4.99 Å². The minimum atomic E-state index is -0.0787. The summed E-state index contributed by atoms with van der Waals surface area (Å²) in [5.74, 6) is 2.43. The van der Waals surface area contributed by atoms with E-state index in [2.05, 4.69) is 52.0 Å². The smallest absolute Gasteiger partial charge is 0.231 e. The summed E-state index contributed by atoms with van der Waals surface area (Å²) >= 11 is 1.68. The van der Waals surface area contributed by atoms with Crippen LogP contribution < -0.4 is 20.1 Å².